The number of halogens is 1. The summed E-state index contributed by atoms with van der Waals surface area (Å²) in [6.45, 7) is 0. The number of anilines is 1. The van der Waals surface area contributed by atoms with Crippen molar-refractivity contribution in [3.8, 4) is 0 Å². The lowest BCUT2D eigenvalue weighted by molar-refractivity contribution is -0.125. The molecule has 6 heteroatoms. The first-order chi connectivity index (χ1) is 8.45. The Balaban J connectivity index is 2.10. The number of nitrogens with two attached hydrogens (primary N) is 1. The number of nitrogens with one attached hydrogen (secondary N) is 1. The van der Waals surface area contributed by atoms with Gasteiger partial charge in [-0.05, 0) is 33.1 Å². The van der Waals surface area contributed by atoms with Crippen LogP contribution in [0.25, 0.3) is 0 Å². The molecule has 1 heterocycles. The highest BCUT2D eigenvalue weighted by molar-refractivity contribution is 9.10. The van der Waals surface area contributed by atoms with Crippen molar-refractivity contribution < 1.29 is 9.59 Å². The van der Waals surface area contributed by atoms with Crippen LogP contribution in [-0.4, -0.2) is 29.4 Å². The molecule has 1 atom stereocenters. The molecule has 1 aliphatic heterocycles. The van der Waals surface area contributed by atoms with Crippen LogP contribution in [0.1, 0.15) is 11.1 Å². The number of likely N-dealkylation sites (N-methyl/N-ethyl adjacent to an activating group) is 1. The zero-order valence-electron chi connectivity index (χ0n) is 9.79. The van der Waals surface area contributed by atoms with Crippen LogP contribution in [-0.2, 0) is 17.6 Å². The van der Waals surface area contributed by atoms with E-state index in [-0.39, 0.29) is 11.9 Å². The molecule has 0 radical (unpaired) electrons. The zero-order chi connectivity index (χ0) is 13.1. The molecular formula is C12H12BrN3O2. The van der Waals surface area contributed by atoms with Gasteiger partial charge in [-0.25, -0.2) is 4.79 Å². The van der Waals surface area contributed by atoms with E-state index in [1.807, 2.05) is 12.1 Å². The highest BCUT2D eigenvalue weighted by Crippen LogP contribution is 2.41. The summed E-state index contributed by atoms with van der Waals surface area (Å²) in [5.74, 6) is -0.225. The topological polar surface area (TPSA) is 75.4 Å². The summed E-state index contributed by atoms with van der Waals surface area (Å²) in [6, 6.07) is 3.40. The number of benzene rings is 1. The van der Waals surface area contributed by atoms with Gasteiger partial charge in [0, 0.05) is 30.0 Å². The minimum atomic E-state index is -0.782. The molecule has 3 amide bonds. The maximum Gasteiger partial charge on any atom is 0.324 e. The van der Waals surface area contributed by atoms with Gasteiger partial charge < -0.3 is 10.6 Å². The van der Waals surface area contributed by atoms with Gasteiger partial charge in [0.25, 0.3) is 5.91 Å². The van der Waals surface area contributed by atoms with Crippen molar-refractivity contribution in [1.29, 1.82) is 0 Å². The van der Waals surface area contributed by atoms with Gasteiger partial charge in [-0.3, -0.25) is 10.1 Å². The van der Waals surface area contributed by atoms with Crippen molar-refractivity contribution in [3.05, 3.63) is 27.7 Å². The third-order valence-electron chi connectivity index (χ3n) is 3.91. The first-order valence-electron chi connectivity index (χ1n) is 5.61. The van der Waals surface area contributed by atoms with Crippen molar-refractivity contribution in [1.82, 2.24) is 10.2 Å². The summed E-state index contributed by atoms with van der Waals surface area (Å²) in [5, 5.41) is 2.37. The number of carbonyl (C=O) groups excluding carboxylic acids is 2. The highest BCUT2D eigenvalue weighted by Gasteiger charge is 2.54. The third-order valence-corrected chi connectivity index (χ3v) is 4.85. The average molecular weight is 310 g/mol. The molecule has 0 aromatic heterocycles. The number of rotatable bonds is 0. The maximum absolute atomic E-state index is 12.1. The van der Waals surface area contributed by atoms with Crippen LogP contribution in [0.3, 0.4) is 0 Å². The summed E-state index contributed by atoms with van der Waals surface area (Å²) in [7, 11) is 1.66. The molecule has 5 nitrogen and oxygen atoms in total. The van der Waals surface area contributed by atoms with E-state index < -0.39 is 5.54 Å². The van der Waals surface area contributed by atoms with E-state index in [1.165, 1.54) is 4.90 Å². The number of hydrogen-bond acceptors (Lipinski definition) is 3. The number of urea groups is 1. The Morgan fingerprint density at radius 3 is 2.72 bits per heavy atom. The van der Waals surface area contributed by atoms with E-state index in [2.05, 4.69) is 21.2 Å². The molecular weight excluding hydrogens is 298 g/mol. The zero-order valence-corrected chi connectivity index (χ0v) is 11.4. The Morgan fingerprint density at radius 2 is 2.11 bits per heavy atom. The molecule has 94 valence electrons. The molecule has 0 unspecified atom stereocenters. The monoisotopic (exact) mass is 309 g/mol. The predicted molar refractivity (Wildman–Crippen MR) is 70.0 cm³/mol. The number of carbonyl (C=O) groups is 2. The van der Waals surface area contributed by atoms with Crippen LogP contribution >= 0.6 is 15.9 Å². The van der Waals surface area contributed by atoms with E-state index in [0.29, 0.717) is 18.5 Å². The number of imide groups is 1. The molecule has 3 N–H and O–H groups in total. The summed E-state index contributed by atoms with van der Waals surface area (Å²) < 4.78 is 0.831. The fraction of sp³-hybridized carbons (Fsp3) is 0.333. The number of fused-ring (bicyclic) bond motifs is 1. The molecule has 0 bridgehead atoms. The SMILES string of the molecule is CN1C(=O)NC(=O)[C@]12Cc1ccc(N)c(Br)c1C2. The van der Waals surface area contributed by atoms with Crippen molar-refractivity contribution in [3.63, 3.8) is 0 Å². The van der Waals surface area contributed by atoms with Crippen LogP contribution in [0.2, 0.25) is 0 Å². The van der Waals surface area contributed by atoms with Crippen molar-refractivity contribution in [2.45, 2.75) is 18.4 Å². The van der Waals surface area contributed by atoms with Gasteiger partial charge in [0.2, 0.25) is 0 Å². The summed E-state index contributed by atoms with van der Waals surface area (Å²) in [5.41, 5.74) is 7.80. The second kappa shape index (κ2) is 3.47. The van der Waals surface area contributed by atoms with Gasteiger partial charge in [-0.15, -0.1) is 0 Å². The Bertz CT molecular complexity index is 587. The van der Waals surface area contributed by atoms with Crippen molar-refractivity contribution in [2.24, 2.45) is 0 Å². The third kappa shape index (κ3) is 1.26. The lowest BCUT2D eigenvalue weighted by Gasteiger charge is -2.27. The fourth-order valence-corrected chi connectivity index (χ4v) is 3.27. The second-order valence-corrected chi connectivity index (χ2v) is 5.60. The van der Waals surface area contributed by atoms with Crippen LogP contribution in [0, 0.1) is 0 Å². The summed E-state index contributed by atoms with van der Waals surface area (Å²) in [4.78, 5) is 25.2. The predicted octanol–water partition coefficient (Wildman–Crippen LogP) is 1.05. The lowest BCUT2D eigenvalue weighted by atomic mass is 9.95. The second-order valence-electron chi connectivity index (χ2n) is 4.81. The van der Waals surface area contributed by atoms with Gasteiger partial charge in [-0.2, -0.15) is 0 Å². The first-order valence-corrected chi connectivity index (χ1v) is 6.40. The Hall–Kier alpha value is -1.56. The molecule has 1 aliphatic carbocycles. The Morgan fingerprint density at radius 1 is 1.39 bits per heavy atom. The lowest BCUT2D eigenvalue weighted by Crippen LogP contribution is -2.48. The maximum atomic E-state index is 12.1. The smallest absolute Gasteiger partial charge is 0.324 e. The van der Waals surface area contributed by atoms with Gasteiger partial charge in [0.15, 0.2) is 0 Å². The standard InChI is InChI=1S/C12H12BrN3O2/c1-16-11(18)15-10(17)12(16)4-6-2-3-8(14)9(13)7(6)5-12/h2-3H,4-5,14H2,1H3,(H,15,17,18)/t12-/m1/s1. The molecule has 1 saturated heterocycles. The van der Waals surface area contributed by atoms with Crippen molar-refractivity contribution >= 4 is 33.6 Å². The van der Waals surface area contributed by atoms with E-state index in [9.17, 15) is 9.59 Å². The van der Waals surface area contributed by atoms with Gasteiger partial charge >= 0.3 is 6.03 Å². The van der Waals surface area contributed by atoms with E-state index in [0.717, 1.165) is 15.6 Å². The number of amides is 3. The van der Waals surface area contributed by atoms with Gasteiger partial charge in [0.1, 0.15) is 5.54 Å². The van der Waals surface area contributed by atoms with E-state index >= 15 is 0 Å². The quantitative estimate of drug-likeness (QED) is 0.555. The highest BCUT2D eigenvalue weighted by atomic mass is 79.9. The molecule has 3 rings (SSSR count). The van der Waals surface area contributed by atoms with Crippen LogP contribution in [0.5, 0.6) is 0 Å². The van der Waals surface area contributed by atoms with E-state index in [4.69, 9.17) is 5.73 Å². The van der Waals surface area contributed by atoms with Gasteiger partial charge in [0.05, 0.1) is 0 Å². The molecule has 1 fully saturated rings. The number of nitrogen functional groups attached to an aromatic ring is 1. The molecule has 1 aromatic carbocycles. The summed E-state index contributed by atoms with van der Waals surface area (Å²) in [6.07, 6.45) is 1.04. The first kappa shape index (κ1) is 11.5. The fourth-order valence-electron chi connectivity index (χ4n) is 2.75. The number of nitrogens with zero attached hydrogens (tertiary/aromatic N) is 1. The van der Waals surface area contributed by atoms with Crippen LogP contribution < -0.4 is 11.1 Å². The minimum Gasteiger partial charge on any atom is -0.398 e. The largest absolute Gasteiger partial charge is 0.398 e. The van der Waals surface area contributed by atoms with Crippen LogP contribution in [0.4, 0.5) is 10.5 Å². The average Bonchev–Trinajstić information content (AvgIpc) is 2.82. The normalized spacial score (nSPS) is 25.8. The van der Waals surface area contributed by atoms with E-state index in [1.54, 1.807) is 7.05 Å². The Labute approximate surface area is 112 Å². The van der Waals surface area contributed by atoms with Gasteiger partial charge in [-0.1, -0.05) is 6.07 Å². The molecule has 1 spiro atoms. The Kier molecular flexibility index (Phi) is 2.22. The molecule has 0 saturated carbocycles. The molecule has 2 aliphatic rings. The molecule has 18 heavy (non-hydrogen) atoms. The summed E-state index contributed by atoms with van der Waals surface area (Å²) >= 11 is 3.46. The minimum absolute atomic E-state index is 0.225. The van der Waals surface area contributed by atoms with Crippen LogP contribution in [0.15, 0.2) is 16.6 Å². The number of hydrogen-bond donors (Lipinski definition) is 2. The van der Waals surface area contributed by atoms with Crippen molar-refractivity contribution in [2.75, 3.05) is 12.8 Å². The molecule has 1 aromatic rings.